The summed E-state index contributed by atoms with van der Waals surface area (Å²) in [6, 6.07) is 5.68. The molecule has 2 aromatic rings. The van der Waals surface area contributed by atoms with Gasteiger partial charge in [0, 0.05) is 15.1 Å². The molecule has 0 saturated carbocycles. The summed E-state index contributed by atoms with van der Waals surface area (Å²) in [5.74, 6) is 0. The molecule has 1 aromatic heterocycles. The van der Waals surface area contributed by atoms with Crippen molar-refractivity contribution in [2.24, 2.45) is 0 Å². The van der Waals surface area contributed by atoms with Crippen LogP contribution >= 0.6 is 34.2 Å². The van der Waals surface area contributed by atoms with E-state index < -0.39 is 0 Å². The summed E-state index contributed by atoms with van der Waals surface area (Å²) < 4.78 is 2.80. The Labute approximate surface area is 112 Å². The fourth-order valence-corrected chi connectivity index (χ4v) is 2.46. The molecule has 0 saturated heterocycles. The van der Waals surface area contributed by atoms with Crippen LogP contribution in [0.1, 0.15) is 5.69 Å². The molecule has 0 fully saturated rings. The molecule has 0 radical (unpaired) electrons. The Morgan fingerprint density at radius 1 is 1.50 bits per heavy atom. The van der Waals surface area contributed by atoms with Crippen molar-refractivity contribution in [2.75, 3.05) is 7.05 Å². The van der Waals surface area contributed by atoms with Crippen LogP contribution in [0.3, 0.4) is 0 Å². The third kappa shape index (κ3) is 2.53. The molecule has 0 aliphatic rings. The second-order valence-electron chi connectivity index (χ2n) is 3.28. The van der Waals surface area contributed by atoms with Gasteiger partial charge in [-0.15, -0.1) is 5.10 Å². The molecule has 2 rings (SSSR count). The smallest absolute Gasteiger partial charge is 0.0969 e. The number of aromatic nitrogens is 3. The van der Waals surface area contributed by atoms with Crippen LogP contribution in [0.5, 0.6) is 0 Å². The standard InChI is InChI=1S/C10H10ClIN4/c1-13-5-8-6-16(15-14-8)10-3-2-7(11)4-9(10)12/h2-4,6,13H,5H2,1H3. The molecule has 0 unspecified atom stereocenters. The summed E-state index contributed by atoms with van der Waals surface area (Å²) >= 11 is 8.13. The molecule has 0 aliphatic heterocycles. The van der Waals surface area contributed by atoms with E-state index in [-0.39, 0.29) is 0 Å². The molecule has 1 heterocycles. The van der Waals surface area contributed by atoms with Crippen LogP contribution in [0.2, 0.25) is 5.02 Å². The minimum atomic E-state index is 0.712. The Balaban J connectivity index is 2.35. The zero-order chi connectivity index (χ0) is 11.5. The summed E-state index contributed by atoms with van der Waals surface area (Å²) in [6.07, 6.45) is 1.90. The first kappa shape index (κ1) is 11.8. The topological polar surface area (TPSA) is 42.7 Å². The first-order valence-electron chi connectivity index (χ1n) is 4.72. The molecule has 0 bridgehead atoms. The second kappa shape index (κ2) is 5.11. The third-order valence-electron chi connectivity index (χ3n) is 2.06. The van der Waals surface area contributed by atoms with Gasteiger partial charge in [-0.25, -0.2) is 4.68 Å². The fourth-order valence-electron chi connectivity index (χ4n) is 1.35. The van der Waals surface area contributed by atoms with Gasteiger partial charge in [-0.05, 0) is 47.8 Å². The lowest BCUT2D eigenvalue weighted by atomic mass is 10.3. The Morgan fingerprint density at radius 2 is 2.31 bits per heavy atom. The molecular formula is C10H10ClIN4. The number of hydrogen-bond donors (Lipinski definition) is 1. The Hall–Kier alpha value is -0.660. The summed E-state index contributed by atoms with van der Waals surface area (Å²) in [7, 11) is 1.88. The highest BCUT2D eigenvalue weighted by molar-refractivity contribution is 14.1. The number of halogens is 2. The van der Waals surface area contributed by atoms with Crippen LogP contribution in [-0.4, -0.2) is 22.0 Å². The van der Waals surface area contributed by atoms with Crippen LogP contribution in [0.25, 0.3) is 5.69 Å². The lowest BCUT2D eigenvalue weighted by molar-refractivity contribution is 0.766. The van der Waals surface area contributed by atoms with Gasteiger partial charge in [0.25, 0.3) is 0 Å². The number of benzene rings is 1. The minimum Gasteiger partial charge on any atom is -0.314 e. The van der Waals surface area contributed by atoms with Crippen molar-refractivity contribution in [2.45, 2.75) is 6.54 Å². The molecule has 0 atom stereocenters. The average molecular weight is 349 g/mol. The van der Waals surface area contributed by atoms with Crippen LogP contribution in [0, 0.1) is 3.57 Å². The normalized spacial score (nSPS) is 10.7. The highest BCUT2D eigenvalue weighted by Crippen LogP contribution is 2.20. The number of rotatable bonds is 3. The van der Waals surface area contributed by atoms with Crippen LogP contribution in [0.4, 0.5) is 0 Å². The van der Waals surface area contributed by atoms with Gasteiger partial charge in [-0.3, -0.25) is 0 Å². The Bertz CT molecular complexity index is 497. The van der Waals surface area contributed by atoms with Crippen LogP contribution in [-0.2, 0) is 6.54 Å². The lowest BCUT2D eigenvalue weighted by Crippen LogP contribution is -2.05. The first-order chi connectivity index (χ1) is 7.70. The van der Waals surface area contributed by atoms with Gasteiger partial charge in [0.2, 0.25) is 0 Å². The summed E-state index contributed by atoms with van der Waals surface area (Å²) in [5, 5.41) is 11.9. The van der Waals surface area contributed by atoms with E-state index in [1.165, 1.54) is 0 Å². The maximum absolute atomic E-state index is 5.90. The maximum Gasteiger partial charge on any atom is 0.0969 e. The predicted molar refractivity (Wildman–Crippen MR) is 71.8 cm³/mol. The van der Waals surface area contributed by atoms with Crippen LogP contribution in [0.15, 0.2) is 24.4 Å². The number of nitrogens with zero attached hydrogens (tertiary/aromatic N) is 3. The fraction of sp³-hybridized carbons (Fsp3) is 0.200. The molecule has 0 aliphatic carbocycles. The van der Waals surface area contributed by atoms with E-state index >= 15 is 0 Å². The quantitative estimate of drug-likeness (QED) is 0.865. The van der Waals surface area contributed by atoms with Gasteiger partial charge in [-0.2, -0.15) is 0 Å². The van der Waals surface area contributed by atoms with E-state index in [0.717, 1.165) is 20.0 Å². The zero-order valence-electron chi connectivity index (χ0n) is 8.61. The first-order valence-corrected chi connectivity index (χ1v) is 6.17. The minimum absolute atomic E-state index is 0.712. The van der Waals surface area contributed by atoms with Crippen molar-refractivity contribution in [3.8, 4) is 5.69 Å². The SMILES string of the molecule is CNCc1cn(-c2ccc(Cl)cc2I)nn1. The van der Waals surface area contributed by atoms with E-state index in [4.69, 9.17) is 11.6 Å². The van der Waals surface area contributed by atoms with Crippen molar-refractivity contribution < 1.29 is 0 Å². The Morgan fingerprint density at radius 3 is 3.00 bits per heavy atom. The van der Waals surface area contributed by atoms with E-state index in [1.807, 2.05) is 31.4 Å². The monoisotopic (exact) mass is 348 g/mol. The molecule has 0 amide bonds. The van der Waals surface area contributed by atoms with Gasteiger partial charge in [-0.1, -0.05) is 16.8 Å². The molecule has 0 spiro atoms. The van der Waals surface area contributed by atoms with E-state index in [1.54, 1.807) is 4.68 Å². The van der Waals surface area contributed by atoms with Gasteiger partial charge in [0.05, 0.1) is 17.6 Å². The largest absolute Gasteiger partial charge is 0.314 e. The molecule has 4 nitrogen and oxygen atoms in total. The molecule has 1 aromatic carbocycles. The third-order valence-corrected chi connectivity index (χ3v) is 3.15. The molecule has 1 N–H and O–H groups in total. The summed E-state index contributed by atoms with van der Waals surface area (Å²) in [5.41, 5.74) is 1.90. The van der Waals surface area contributed by atoms with Gasteiger partial charge in [0.1, 0.15) is 0 Å². The van der Waals surface area contributed by atoms with Crippen molar-refractivity contribution in [1.82, 2.24) is 20.3 Å². The zero-order valence-corrected chi connectivity index (χ0v) is 11.5. The molecule has 16 heavy (non-hydrogen) atoms. The van der Waals surface area contributed by atoms with Crippen molar-refractivity contribution in [1.29, 1.82) is 0 Å². The van der Waals surface area contributed by atoms with Crippen molar-refractivity contribution in [3.05, 3.63) is 38.7 Å². The number of hydrogen-bond acceptors (Lipinski definition) is 3. The lowest BCUT2D eigenvalue weighted by Gasteiger charge is -2.03. The number of nitrogens with one attached hydrogen (secondary N) is 1. The van der Waals surface area contributed by atoms with Gasteiger partial charge >= 0.3 is 0 Å². The molecule has 6 heteroatoms. The Kier molecular flexibility index (Phi) is 3.78. The van der Waals surface area contributed by atoms with Gasteiger partial charge < -0.3 is 5.32 Å². The predicted octanol–water partition coefficient (Wildman–Crippen LogP) is 2.24. The van der Waals surface area contributed by atoms with E-state index in [0.29, 0.717) is 6.54 Å². The van der Waals surface area contributed by atoms with E-state index in [2.05, 4.69) is 38.2 Å². The highest BCUT2D eigenvalue weighted by Gasteiger charge is 2.06. The molecule has 84 valence electrons. The molecular weight excluding hydrogens is 338 g/mol. The van der Waals surface area contributed by atoms with Crippen molar-refractivity contribution >= 4 is 34.2 Å². The van der Waals surface area contributed by atoms with Crippen molar-refractivity contribution in [3.63, 3.8) is 0 Å². The summed E-state index contributed by atoms with van der Waals surface area (Å²) in [6.45, 7) is 0.712. The van der Waals surface area contributed by atoms with E-state index in [9.17, 15) is 0 Å². The maximum atomic E-state index is 5.90. The summed E-state index contributed by atoms with van der Waals surface area (Å²) in [4.78, 5) is 0. The van der Waals surface area contributed by atoms with Crippen LogP contribution < -0.4 is 5.32 Å². The highest BCUT2D eigenvalue weighted by atomic mass is 127. The van der Waals surface area contributed by atoms with Gasteiger partial charge in [0.15, 0.2) is 0 Å². The second-order valence-corrected chi connectivity index (χ2v) is 4.88. The average Bonchev–Trinajstić information content (AvgIpc) is 2.67.